The lowest BCUT2D eigenvalue weighted by atomic mass is 9.78. The van der Waals surface area contributed by atoms with Crippen molar-refractivity contribution in [3.05, 3.63) is 45.0 Å². The Morgan fingerprint density at radius 3 is 2.43 bits per heavy atom. The summed E-state index contributed by atoms with van der Waals surface area (Å²) in [5.41, 5.74) is 2.17. The molecule has 1 aliphatic rings. The van der Waals surface area contributed by atoms with Crippen LogP contribution in [0.4, 0.5) is 0 Å². The fraction of sp³-hybridized carbons (Fsp3) is 0.522. The number of aromatic hydroxyl groups is 2. The first-order valence-corrected chi connectivity index (χ1v) is 10.1. The standard InChI is InChI=1S/C23H31ClO4/c1-13(2)7-6-8-14(3)16-9-10-23(5,28)19(16)11-17-21(26)18(12-25)15(4)20(24)22(17)27/h7-8,12,16,19,26-28H,6,9-11H2,1-5H3/b14-8+/t16-,19+,23+/m1/s1. The Labute approximate surface area is 172 Å². The molecule has 4 nitrogen and oxygen atoms in total. The summed E-state index contributed by atoms with van der Waals surface area (Å²) < 4.78 is 0. The number of carbonyl (C=O) groups is 1. The lowest BCUT2D eigenvalue weighted by Crippen LogP contribution is -2.34. The van der Waals surface area contributed by atoms with E-state index in [1.54, 1.807) is 13.8 Å². The van der Waals surface area contributed by atoms with Crippen LogP contribution in [-0.4, -0.2) is 27.2 Å². The number of benzene rings is 1. The minimum atomic E-state index is -0.937. The Kier molecular flexibility index (Phi) is 7.00. The molecule has 1 fully saturated rings. The van der Waals surface area contributed by atoms with Gasteiger partial charge in [-0.3, -0.25) is 4.79 Å². The summed E-state index contributed by atoms with van der Waals surface area (Å²) in [6.07, 6.45) is 7.42. The van der Waals surface area contributed by atoms with Gasteiger partial charge in [0.2, 0.25) is 0 Å². The average Bonchev–Trinajstić information content (AvgIpc) is 2.91. The van der Waals surface area contributed by atoms with E-state index in [2.05, 4.69) is 32.9 Å². The summed E-state index contributed by atoms with van der Waals surface area (Å²) >= 11 is 6.19. The van der Waals surface area contributed by atoms with Crippen molar-refractivity contribution in [2.45, 2.75) is 65.9 Å². The van der Waals surface area contributed by atoms with Crippen LogP contribution in [0.15, 0.2) is 23.3 Å². The van der Waals surface area contributed by atoms with Gasteiger partial charge in [-0.25, -0.2) is 0 Å². The van der Waals surface area contributed by atoms with Gasteiger partial charge in [0.1, 0.15) is 11.5 Å². The maximum atomic E-state index is 11.4. The first kappa shape index (κ1) is 22.5. The molecule has 0 aromatic heterocycles. The molecule has 0 unspecified atom stereocenters. The molecule has 0 aliphatic heterocycles. The Bertz CT molecular complexity index is 817. The van der Waals surface area contributed by atoms with E-state index >= 15 is 0 Å². The zero-order valence-electron chi connectivity index (χ0n) is 17.3. The minimum absolute atomic E-state index is 0.0694. The highest BCUT2D eigenvalue weighted by molar-refractivity contribution is 6.33. The Balaban J connectivity index is 2.43. The van der Waals surface area contributed by atoms with Gasteiger partial charge in [0.05, 0.1) is 16.2 Å². The normalized spacial score (nSPS) is 25.0. The molecule has 1 aromatic rings. The van der Waals surface area contributed by atoms with Crippen molar-refractivity contribution in [1.82, 2.24) is 0 Å². The molecular weight excluding hydrogens is 376 g/mol. The summed E-state index contributed by atoms with van der Waals surface area (Å²) in [4.78, 5) is 11.4. The smallest absolute Gasteiger partial charge is 0.154 e. The lowest BCUT2D eigenvalue weighted by Gasteiger charge is -2.31. The van der Waals surface area contributed by atoms with Crippen molar-refractivity contribution in [2.75, 3.05) is 0 Å². The number of halogens is 1. The van der Waals surface area contributed by atoms with E-state index in [0.717, 1.165) is 12.8 Å². The van der Waals surface area contributed by atoms with Crippen molar-refractivity contribution >= 4 is 17.9 Å². The van der Waals surface area contributed by atoms with Gasteiger partial charge in [0.15, 0.2) is 6.29 Å². The van der Waals surface area contributed by atoms with E-state index in [1.807, 2.05) is 0 Å². The number of phenols is 2. The van der Waals surface area contributed by atoms with Crippen molar-refractivity contribution < 1.29 is 20.1 Å². The van der Waals surface area contributed by atoms with Gasteiger partial charge in [-0.2, -0.15) is 0 Å². The highest BCUT2D eigenvalue weighted by atomic mass is 35.5. The van der Waals surface area contributed by atoms with Crippen molar-refractivity contribution in [1.29, 1.82) is 0 Å². The number of rotatable bonds is 6. The molecule has 1 aromatic carbocycles. The van der Waals surface area contributed by atoms with Crippen molar-refractivity contribution in [2.24, 2.45) is 11.8 Å². The molecular formula is C23H31ClO4. The van der Waals surface area contributed by atoms with Gasteiger partial charge in [0, 0.05) is 5.56 Å². The molecule has 2 rings (SSSR count). The van der Waals surface area contributed by atoms with E-state index in [4.69, 9.17) is 11.6 Å². The number of hydrogen-bond donors (Lipinski definition) is 3. The number of allylic oxidation sites excluding steroid dienone is 4. The quantitative estimate of drug-likeness (QED) is 0.431. The van der Waals surface area contributed by atoms with Gasteiger partial charge in [-0.15, -0.1) is 0 Å². The SMILES string of the molecule is CC(C)=CC/C=C(\C)[C@H]1CC[C@](C)(O)[C@H]1Cc1c(O)c(Cl)c(C)c(C=O)c1O. The maximum absolute atomic E-state index is 11.4. The second kappa shape index (κ2) is 8.71. The number of phenolic OH excluding ortho intramolecular Hbond substituents is 2. The van der Waals surface area contributed by atoms with Crippen LogP contribution in [0.5, 0.6) is 11.5 Å². The molecule has 0 spiro atoms. The predicted octanol–water partition coefficient (Wildman–Crippen LogP) is 5.49. The Morgan fingerprint density at radius 1 is 1.21 bits per heavy atom. The summed E-state index contributed by atoms with van der Waals surface area (Å²) in [6, 6.07) is 0. The molecule has 0 radical (unpaired) electrons. The number of hydrogen-bond acceptors (Lipinski definition) is 4. The Morgan fingerprint density at radius 2 is 1.86 bits per heavy atom. The van der Waals surface area contributed by atoms with Crippen molar-refractivity contribution in [3.63, 3.8) is 0 Å². The third-order valence-corrected chi connectivity index (χ3v) is 6.57. The zero-order chi connectivity index (χ0) is 21.2. The lowest BCUT2D eigenvalue weighted by molar-refractivity contribution is 0.0136. The van der Waals surface area contributed by atoms with E-state index in [9.17, 15) is 20.1 Å². The molecule has 3 N–H and O–H groups in total. The highest BCUT2D eigenvalue weighted by Crippen LogP contribution is 2.49. The van der Waals surface area contributed by atoms with E-state index < -0.39 is 5.60 Å². The molecule has 28 heavy (non-hydrogen) atoms. The fourth-order valence-electron chi connectivity index (χ4n) is 4.24. The molecule has 1 aliphatic carbocycles. The van der Waals surface area contributed by atoms with Gasteiger partial charge in [0.25, 0.3) is 0 Å². The Hall–Kier alpha value is -1.78. The molecule has 3 atom stereocenters. The summed E-state index contributed by atoms with van der Waals surface area (Å²) in [6.45, 7) is 9.56. The highest BCUT2D eigenvalue weighted by Gasteiger charge is 2.45. The van der Waals surface area contributed by atoms with Gasteiger partial charge in [-0.1, -0.05) is 34.9 Å². The van der Waals surface area contributed by atoms with Crippen LogP contribution >= 0.6 is 11.6 Å². The van der Waals surface area contributed by atoms with Crippen LogP contribution in [0.1, 0.15) is 68.4 Å². The zero-order valence-corrected chi connectivity index (χ0v) is 18.1. The predicted molar refractivity (Wildman–Crippen MR) is 113 cm³/mol. The minimum Gasteiger partial charge on any atom is -0.507 e. The van der Waals surface area contributed by atoms with E-state index in [0.29, 0.717) is 18.3 Å². The van der Waals surface area contributed by atoms with Crippen LogP contribution < -0.4 is 0 Å². The maximum Gasteiger partial charge on any atom is 0.154 e. The first-order valence-electron chi connectivity index (χ1n) is 9.71. The fourth-order valence-corrected chi connectivity index (χ4v) is 4.46. The van der Waals surface area contributed by atoms with Crippen LogP contribution in [-0.2, 0) is 6.42 Å². The summed E-state index contributed by atoms with van der Waals surface area (Å²) in [5.74, 6) is -0.540. The number of aliphatic hydroxyl groups is 1. The molecule has 0 saturated heterocycles. The molecule has 0 amide bonds. The van der Waals surface area contributed by atoms with Gasteiger partial charge >= 0.3 is 0 Å². The third kappa shape index (κ3) is 4.44. The van der Waals surface area contributed by atoms with E-state index in [1.165, 1.54) is 11.1 Å². The third-order valence-electron chi connectivity index (χ3n) is 6.11. The second-order valence-corrected chi connectivity index (χ2v) is 8.80. The molecule has 154 valence electrons. The number of aldehydes is 1. The summed E-state index contributed by atoms with van der Waals surface area (Å²) in [5, 5.41) is 32.1. The van der Waals surface area contributed by atoms with Gasteiger partial charge in [-0.05, 0) is 77.7 Å². The topological polar surface area (TPSA) is 77.8 Å². The molecule has 0 bridgehead atoms. The van der Waals surface area contributed by atoms with Crippen molar-refractivity contribution in [3.8, 4) is 11.5 Å². The van der Waals surface area contributed by atoms with Crippen LogP contribution in [0.3, 0.4) is 0 Å². The average molecular weight is 407 g/mol. The summed E-state index contributed by atoms with van der Waals surface area (Å²) in [7, 11) is 0. The van der Waals surface area contributed by atoms with Gasteiger partial charge < -0.3 is 15.3 Å². The largest absolute Gasteiger partial charge is 0.507 e. The monoisotopic (exact) mass is 406 g/mol. The molecule has 0 heterocycles. The molecule has 1 saturated carbocycles. The van der Waals surface area contributed by atoms with Crippen LogP contribution in [0.2, 0.25) is 5.02 Å². The first-order chi connectivity index (χ1) is 13.0. The second-order valence-electron chi connectivity index (χ2n) is 8.42. The molecule has 5 heteroatoms. The number of carbonyl (C=O) groups excluding carboxylic acids is 1. The van der Waals surface area contributed by atoms with Crippen LogP contribution in [0.25, 0.3) is 0 Å². The van der Waals surface area contributed by atoms with E-state index in [-0.39, 0.29) is 45.9 Å². The van der Waals surface area contributed by atoms with Crippen LogP contribution in [0, 0.1) is 18.8 Å².